The second-order valence-electron chi connectivity index (χ2n) is 9.45. The summed E-state index contributed by atoms with van der Waals surface area (Å²) in [6, 6.07) is 6.64. The summed E-state index contributed by atoms with van der Waals surface area (Å²) in [6.45, 7) is 6.65. The van der Waals surface area contributed by atoms with Gasteiger partial charge in [-0.15, -0.1) is 0 Å². The Morgan fingerprint density at radius 3 is 2.65 bits per heavy atom. The second-order valence-corrected chi connectivity index (χ2v) is 9.89. The minimum atomic E-state index is -2.71. The number of benzene rings is 1. The summed E-state index contributed by atoms with van der Waals surface area (Å²) in [7, 11) is 0. The lowest BCUT2D eigenvalue weighted by atomic mass is 10.1. The maximum Gasteiger partial charge on any atom is 0.410 e. The van der Waals surface area contributed by atoms with Crippen LogP contribution in [0.25, 0.3) is 16.7 Å². The highest BCUT2D eigenvalue weighted by Gasteiger charge is 2.44. The smallest absolute Gasteiger partial charge is 0.410 e. The van der Waals surface area contributed by atoms with Crippen molar-refractivity contribution in [1.29, 1.82) is 0 Å². The monoisotopic (exact) mass is 489 g/mol. The number of piperazine rings is 1. The molecule has 2 aromatic heterocycles. The molecule has 3 aromatic rings. The second kappa shape index (κ2) is 8.37. The molecule has 0 bridgehead atoms. The normalized spacial score (nSPS) is 21.9. The van der Waals surface area contributed by atoms with Crippen LogP contribution in [0.1, 0.15) is 45.6 Å². The quantitative estimate of drug-likeness (QED) is 0.477. The van der Waals surface area contributed by atoms with Crippen molar-refractivity contribution in [1.82, 2.24) is 19.4 Å². The van der Waals surface area contributed by atoms with Gasteiger partial charge in [-0.25, -0.2) is 23.5 Å². The topological polar surface area (TPSA) is 63.5 Å². The molecule has 1 amide bonds. The molecule has 10 heteroatoms. The summed E-state index contributed by atoms with van der Waals surface area (Å²) in [5.74, 6) is 0.433. The third kappa shape index (κ3) is 4.06. The van der Waals surface area contributed by atoms with Crippen molar-refractivity contribution in [3.63, 3.8) is 0 Å². The number of halogens is 3. The van der Waals surface area contributed by atoms with Crippen molar-refractivity contribution in [2.75, 3.05) is 18.0 Å². The van der Waals surface area contributed by atoms with E-state index < -0.39 is 6.43 Å². The van der Waals surface area contributed by atoms with E-state index in [4.69, 9.17) is 16.3 Å². The van der Waals surface area contributed by atoms with E-state index in [0.717, 1.165) is 12.8 Å². The first-order valence-electron chi connectivity index (χ1n) is 11.3. The number of nitrogens with zero attached hydrogens (tertiary/aromatic N) is 5. The van der Waals surface area contributed by atoms with Crippen LogP contribution in [0, 0.1) is 0 Å². The molecular formula is C24H26ClF2N5O2. The van der Waals surface area contributed by atoms with Gasteiger partial charge in [0.25, 0.3) is 6.43 Å². The third-order valence-electron chi connectivity index (χ3n) is 6.69. The highest BCUT2D eigenvalue weighted by molar-refractivity contribution is 6.30. The Labute approximate surface area is 201 Å². The van der Waals surface area contributed by atoms with Gasteiger partial charge in [0.1, 0.15) is 17.7 Å². The SMILES string of the molecule is C[C@@H]1CN(c2ncnc3c2c(C(F)F)cn3-c2cccc(Cl)c2)[C@@H](C)CN1C(=O)OC1(C)CC1. The zero-order valence-corrected chi connectivity index (χ0v) is 20.0. The van der Waals surface area contributed by atoms with Gasteiger partial charge >= 0.3 is 6.09 Å². The maximum absolute atomic E-state index is 14.2. The molecule has 0 N–H and O–H groups in total. The van der Waals surface area contributed by atoms with Crippen LogP contribution in [-0.4, -0.2) is 56.3 Å². The number of fused-ring (bicyclic) bond motifs is 1. The standard InChI is InChI=1S/C24H26ClF2N5O2/c1-14-11-31(23(33)34-24(3)7-8-24)15(2)10-30(14)21-19-18(20(26)27)12-32(22(19)29-13-28-21)17-6-4-5-16(25)9-17/h4-6,9,12-15,20H,7-8,10-11H2,1-3H3/t14-,15+/m0/s1. The molecule has 5 rings (SSSR count). The van der Waals surface area contributed by atoms with Crippen LogP contribution in [0.5, 0.6) is 0 Å². The van der Waals surface area contributed by atoms with Crippen LogP contribution in [-0.2, 0) is 4.74 Å². The predicted molar refractivity (Wildman–Crippen MR) is 126 cm³/mol. The lowest BCUT2D eigenvalue weighted by Gasteiger charge is -2.44. The van der Waals surface area contributed by atoms with Crippen LogP contribution >= 0.6 is 11.6 Å². The molecule has 2 fully saturated rings. The molecule has 0 radical (unpaired) electrons. The van der Waals surface area contributed by atoms with Crippen molar-refractivity contribution >= 4 is 34.5 Å². The Bertz CT molecular complexity index is 1250. The largest absolute Gasteiger partial charge is 0.443 e. The molecule has 1 aliphatic heterocycles. The van der Waals surface area contributed by atoms with Crippen LogP contribution < -0.4 is 4.90 Å². The van der Waals surface area contributed by atoms with Crippen molar-refractivity contribution < 1.29 is 18.3 Å². The first-order chi connectivity index (χ1) is 16.2. The van der Waals surface area contributed by atoms with E-state index in [1.165, 1.54) is 12.5 Å². The van der Waals surface area contributed by atoms with E-state index in [-0.39, 0.29) is 29.3 Å². The van der Waals surface area contributed by atoms with Gasteiger partial charge in [0.2, 0.25) is 0 Å². The molecule has 180 valence electrons. The molecule has 2 aliphatic rings. The molecule has 1 saturated carbocycles. The fraction of sp³-hybridized carbons (Fsp3) is 0.458. The number of carbonyl (C=O) groups excluding carboxylic acids is 1. The minimum Gasteiger partial charge on any atom is -0.443 e. The maximum atomic E-state index is 14.2. The van der Waals surface area contributed by atoms with Gasteiger partial charge in [-0.1, -0.05) is 17.7 Å². The number of hydrogen-bond donors (Lipinski definition) is 0. The van der Waals surface area contributed by atoms with E-state index in [0.29, 0.717) is 40.7 Å². The molecule has 3 heterocycles. The van der Waals surface area contributed by atoms with Gasteiger partial charge < -0.3 is 19.1 Å². The Hall–Kier alpha value is -2.94. The average Bonchev–Trinajstić information content (AvgIpc) is 3.37. The van der Waals surface area contributed by atoms with Crippen molar-refractivity contribution in [3.8, 4) is 5.69 Å². The number of ether oxygens (including phenoxy) is 1. The Kier molecular flexibility index (Phi) is 5.62. The molecule has 0 unspecified atom stereocenters. The highest BCUT2D eigenvalue weighted by Crippen LogP contribution is 2.40. The molecule has 1 saturated heterocycles. The first kappa shape index (κ1) is 22.8. The number of hydrogen-bond acceptors (Lipinski definition) is 5. The molecule has 7 nitrogen and oxygen atoms in total. The van der Waals surface area contributed by atoms with Gasteiger partial charge in [-0.05, 0) is 51.8 Å². The van der Waals surface area contributed by atoms with E-state index in [2.05, 4.69) is 9.97 Å². The van der Waals surface area contributed by atoms with E-state index in [1.54, 1.807) is 33.7 Å². The average molecular weight is 490 g/mol. The summed E-state index contributed by atoms with van der Waals surface area (Å²) in [5, 5.41) is 0.802. The zero-order chi connectivity index (χ0) is 24.2. The van der Waals surface area contributed by atoms with Crippen molar-refractivity contribution in [2.45, 2.75) is 57.7 Å². The van der Waals surface area contributed by atoms with Crippen LogP contribution in [0.15, 0.2) is 36.8 Å². The molecule has 0 spiro atoms. The minimum absolute atomic E-state index is 0.145. The summed E-state index contributed by atoms with van der Waals surface area (Å²) in [5.41, 5.74) is 0.516. The van der Waals surface area contributed by atoms with E-state index in [1.807, 2.05) is 25.7 Å². The zero-order valence-electron chi connectivity index (χ0n) is 19.2. The molecule has 2 atom stereocenters. The number of rotatable bonds is 4. The number of carbonyl (C=O) groups is 1. The van der Waals surface area contributed by atoms with Gasteiger partial charge in [-0.2, -0.15) is 0 Å². The number of alkyl halides is 2. The van der Waals surface area contributed by atoms with Gasteiger partial charge in [0, 0.05) is 47.6 Å². The molecule has 34 heavy (non-hydrogen) atoms. The third-order valence-corrected chi connectivity index (χ3v) is 6.93. The fourth-order valence-electron chi connectivity index (χ4n) is 4.50. The first-order valence-corrected chi connectivity index (χ1v) is 11.7. The summed E-state index contributed by atoms with van der Waals surface area (Å²) >= 11 is 6.14. The fourth-order valence-corrected chi connectivity index (χ4v) is 4.69. The molecule has 1 aromatic carbocycles. The van der Waals surface area contributed by atoms with E-state index >= 15 is 0 Å². The Morgan fingerprint density at radius 2 is 1.97 bits per heavy atom. The van der Waals surface area contributed by atoms with Crippen LogP contribution in [0.3, 0.4) is 0 Å². The van der Waals surface area contributed by atoms with E-state index in [9.17, 15) is 13.6 Å². The van der Waals surface area contributed by atoms with Gasteiger partial charge in [-0.3, -0.25) is 0 Å². The van der Waals surface area contributed by atoms with Crippen molar-refractivity contribution in [2.24, 2.45) is 0 Å². The number of amides is 1. The summed E-state index contributed by atoms with van der Waals surface area (Å²) in [4.78, 5) is 25.2. The van der Waals surface area contributed by atoms with Gasteiger partial charge in [0.05, 0.1) is 5.39 Å². The predicted octanol–water partition coefficient (Wildman–Crippen LogP) is 5.60. The van der Waals surface area contributed by atoms with Crippen LogP contribution in [0.4, 0.5) is 19.4 Å². The number of anilines is 1. The summed E-state index contributed by atoms with van der Waals surface area (Å²) in [6.07, 6.45) is 1.50. The number of aromatic nitrogens is 3. The lowest BCUT2D eigenvalue weighted by molar-refractivity contribution is 0.0421. The van der Waals surface area contributed by atoms with Gasteiger partial charge in [0.15, 0.2) is 5.65 Å². The molecular weight excluding hydrogens is 464 g/mol. The Balaban J connectivity index is 1.52. The van der Waals surface area contributed by atoms with Crippen molar-refractivity contribution in [3.05, 3.63) is 47.4 Å². The Morgan fingerprint density at radius 1 is 1.21 bits per heavy atom. The summed E-state index contributed by atoms with van der Waals surface area (Å²) < 4.78 is 35.6. The van der Waals surface area contributed by atoms with Crippen LogP contribution in [0.2, 0.25) is 5.02 Å². The molecule has 1 aliphatic carbocycles. The lowest BCUT2D eigenvalue weighted by Crippen LogP contribution is -2.59. The highest BCUT2D eigenvalue weighted by atomic mass is 35.5.